The summed E-state index contributed by atoms with van der Waals surface area (Å²) in [5.74, 6) is 0.626. The number of nitrogens with one attached hydrogen (secondary N) is 1. The molecule has 2 nitrogen and oxygen atoms in total. The molecule has 0 aromatic carbocycles. The second-order valence-electron chi connectivity index (χ2n) is 5.36. The van der Waals surface area contributed by atoms with Gasteiger partial charge in [-0.3, -0.25) is 4.98 Å². The third-order valence-corrected chi connectivity index (χ3v) is 4.07. The Morgan fingerprint density at radius 2 is 2.11 bits per heavy atom. The monoisotopic (exact) mass is 250 g/mol. The van der Waals surface area contributed by atoms with Crippen LogP contribution in [0.3, 0.4) is 0 Å². The van der Waals surface area contributed by atoms with Gasteiger partial charge in [0, 0.05) is 12.2 Å². The van der Waals surface area contributed by atoms with Crippen molar-refractivity contribution < 1.29 is 4.39 Å². The molecule has 1 heterocycles. The molecule has 0 spiro atoms. The third kappa shape index (κ3) is 3.77. The lowest BCUT2D eigenvalue weighted by atomic mass is 9.84. The molecule has 0 radical (unpaired) electrons. The maximum Gasteiger partial charge on any atom is 0.141 e. The van der Waals surface area contributed by atoms with Crippen molar-refractivity contribution in [3.05, 3.63) is 29.8 Å². The maximum absolute atomic E-state index is 13.2. The predicted molar refractivity (Wildman–Crippen MR) is 71.8 cm³/mol. The van der Waals surface area contributed by atoms with Crippen LogP contribution in [0, 0.1) is 11.7 Å². The van der Waals surface area contributed by atoms with Gasteiger partial charge in [0.25, 0.3) is 0 Å². The lowest BCUT2D eigenvalue weighted by Crippen LogP contribution is -2.18. The first-order valence-corrected chi connectivity index (χ1v) is 7.07. The minimum Gasteiger partial charge on any atom is -0.313 e. The van der Waals surface area contributed by atoms with E-state index in [0.717, 1.165) is 17.9 Å². The summed E-state index contributed by atoms with van der Waals surface area (Å²) in [5, 5.41) is 3.28. The molecule has 0 aliphatic heterocycles. The van der Waals surface area contributed by atoms with Crippen molar-refractivity contribution in [3.63, 3.8) is 0 Å². The van der Waals surface area contributed by atoms with E-state index in [1.54, 1.807) is 12.3 Å². The van der Waals surface area contributed by atoms with Gasteiger partial charge in [-0.15, -0.1) is 0 Å². The van der Waals surface area contributed by atoms with Crippen LogP contribution in [0.25, 0.3) is 0 Å². The molecule has 0 amide bonds. The topological polar surface area (TPSA) is 24.9 Å². The molecule has 1 aromatic heterocycles. The van der Waals surface area contributed by atoms with Gasteiger partial charge >= 0.3 is 0 Å². The van der Waals surface area contributed by atoms with Gasteiger partial charge in [0.1, 0.15) is 5.82 Å². The minimum absolute atomic E-state index is 0.232. The largest absolute Gasteiger partial charge is 0.313 e. The van der Waals surface area contributed by atoms with Gasteiger partial charge in [0.05, 0.1) is 6.20 Å². The van der Waals surface area contributed by atoms with Crippen molar-refractivity contribution in [2.45, 2.75) is 51.0 Å². The molecule has 1 N–H and O–H groups in total. The Morgan fingerprint density at radius 3 is 2.78 bits per heavy atom. The summed E-state index contributed by atoms with van der Waals surface area (Å²) >= 11 is 0. The Hall–Kier alpha value is -0.960. The molecule has 1 saturated carbocycles. The standard InChI is InChI=1S/C15H23FN2/c1-17-15(13-9-14(16)11-18-10-13)8-7-12-5-3-2-4-6-12/h9-12,15,17H,2-8H2,1H3. The average molecular weight is 250 g/mol. The normalized spacial score (nSPS) is 18.8. The molecular formula is C15H23FN2. The van der Waals surface area contributed by atoms with Crippen molar-refractivity contribution in [1.82, 2.24) is 10.3 Å². The number of aromatic nitrogens is 1. The van der Waals surface area contributed by atoms with Crippen LogP contribution in [0.2, 0.25) is 0 Å². The van der Waals surface area contributed by atoms with Gasteiger partial charge in [-0.1, -0.05) is 32.1 Å². The highest BCUT2D eigenvalue weighted by molar-refractivity contribution is 5.14. The van der Waals surface area contributed by atoms with E-state index in [4.69, 9.17) is 0 Å². The summed E-state index contributed by atoms with van der Waals surface area (Å²) in [5.41, 5.74) is 0.966. The molecule has 1 aliphatic carbocycles. The lowest BCUT2D eigenvalue weighted by molar-refractivity contribution is 0.317. The summed E-state index contributed by atoms with van der Waals surface area (Å²) in [6, 6.07) is 1.82. The van der Waals surface area contributed by atoms with Gasteiger partial charge in [0.2, 0.25) is 0 Å². The Bertz CT molecular complexity index is 361. The number of pyridine rings is 1. The molecule has 3 heteroatoms. The fourth-order valence-electron chi connectivity index (χ4n) is 2.97. The summed E-state index contributed by atoms with van der Waals surface area (Å²) < 4.78 is 13.2. The number of halogens is 1. The first kappa shape index (κ1) is 13.5. The van der Waals surface area contributed by atoms with E-state index < -0.39 is 0 Å². The molecule has 0 saturated heterocycles. The van der Waals surface area contributed by atoms with Crippen LogP contribution >= 0.6 is 0 Å². The third-order valence-electron chi connectivity index (χ3n) is 4.07. The van der Waals surface area contributed by atoms with Crippen LogP contribution < -0.4 is 5.32 Å². The summed E-state index contributed by atoms with van der Waals surface area (Å²) in [6.07, 6.45) is 12.3. The second-order valence-corrected chi connectivity index (χ2v) is 5.36. The summed E-state index contributed by atoms with van der Waals surface area (Å²) in [4.78, 5) is 3.93. The van der Waals surface area contributed by atoms with Crippen LogP contribution in [0.5, 0.6) is 0 Å². The van der Waals surface area contributed by atoms with E-state index in [1.165, 1.54) is 44.7 Å². The van der Waals surface area contributed by atoms with Gasteiger partial charge in [0.15, 0.2) is 0 Å². The molecule has 1 unspecified atom stereocenters. The van der Waals surface area contributed by atoms with Crippen molar-refractivity contribution in [2.75, 3.05) is 7.05 Å². The van der Waals surface area contributed by atoms with Crippen LogP contribution in [0.1, 0.15) is 56.6 Å². The molecule has 18 heavy (non-hydrogen) atoms. The van der Waals surface area contributed by atoms with E-state index in [9.17, 15) is 4.39 Å². The van der Waals surface area contributed by atoms with Gasteiger partial charge < -0.3 is 5.32 Å². The number of rotatable bonds is 5. The van der Waals surface area contributed by atoms with E-state index in [1.807, 2.05) is 7.05 Å². The minimum atomic E-state index is -0.245. The van der Waals surface area contributed by atoms with Crippen molar-refractivity contribution in [1.29, 1.82) is 0 Å². The molecule has 100 valence electrons. The molecular weight excluding hydrogens is 227 g/mol. The molecule has 1 aliphatic rings. The molecule has 0 bridgehead atoms. The van der Waals surface area contributed by atoms with E-state index in [2.05, 4.69) is 10.3 Å². The molecule has 1 aromatic rings. The molecule has 1 atom stereocenters. The zero-order valence-electron chi connectivity index (χ0n) is 11.2. The summed E-state index contributed by atoms with van der Waals surface area (Å²) in [6.45, 7) is 0. The van der Waals surface area contributed by atoms with Crippen LogP contribution in [-0.2, 0) is 0 Å². The first-order chi connectivity index (χ1) is 8.79. The Balaban J connectivity index is 1.88. The molecule has 1 fully saturated rings. The quantitative estimate of drug-likeness (QED) is 0.858. The van der Waals surface area contributed by atoms with Gasteiger partial charge in [-0.25, -0.2) is 4.39 Å². The van der Waals surface area contributed by atoms with E-state index >= 15 is 0 Å². The van der Waals surface area contributed by atoms with Crippen molar-refractivity contribution >= 4 is 0 Å². The van der Waals surface area contributed by atoms with E-state index in [-0.39, 0.29) is 11.9 Å². The fourth-order valence-corrected chi connectivity index (χ4v) is 2.97. The first-order valence-electron chi connectivity index (χ1n) is 7.07. The Labute approximate surface area is 109 Å². The number of hydrogen-bond donors (Lipinski definition) is 1. The zero-order chi connectivity index (χ0) is 12.8. The second kappa shape index (κ2) is 6.83. The van der Waals surface area contributed by atoms with Crippen molar-refractivity contribution in [2.24, 2.45) is 5.92 Å². The molecule has 2 rings (SSSR count). The SMILES string of the molecule is CNC(CCC1CCCCC1)c1cncc(F)c1. The highest BCUT2D eigenvalue weighted by Gasteiger charge is 2.16. The van der Waals surface area contributed by atoms with Crippen molar-refractivity contribution in [3.8, 4) is 0 Å². The number of nitrogens with zero attached hydrogens (tertiary/aromatic N) is 1. The highest BCUT2D eigenvalue weighted by Crippen LogP contribution is 2.30. The summed E-state index contributed by atoms with van der Waals surface area (Å²) in [7, 11) is 1.94. The average Bonchev–Trinajstić information content (AvgIpc) is 2.41. The highest BCUT2D eigenvalue weighted by atomic mass is 19.1. The maximum atomic E-state index is 13.2. The lowest BCUT2D eigenvalue weighted by Gasteiger charge is -2.24. The van der Waals surface area contributed by atoms with E-state index in [0.29, 0.717) is 0 Å². The number of hydrogen-bond acceptors (Lipinski definition) is 2. The van der Waals surface area contributed by atoms with Crippen LogP contribution in [0.4, 0.5) is 4.39 Å². The zero-order valence-corrected chi connectivity index (χ0v) is 11.2. The Morgan fingerprint density at radius 1 is 1.33 bits per heavy atom. The smallest absolute Gasteiger partial charge is 0.141 e. The van der Waals surface area contributed by atoms with Gasteiger partial charge in [-0.05, 0) is 37.4 Å². The Kier molecular flexibility index (Phi) is 5.12. The predicted octanol–water partition coefficient (Wildman–Crippen LogP) is 3.84. The van der Waals surface area contributed by atoms with Gasteiger partial charge in [-0.2, -0.15) is 0 Å². The van der Waals surface area contributed by atoms with Crippen LogP contribution in [-0.4, -0.2) is 12.0 Å². The fraction of sp³-hybridized carbons (Fsp3) is 0.667. The van der Waals surface area contributed by atoms with Crippen LogP contribution in [0.15, 0.2) is 18.5 Å².